The van der Waals surface area contributed by atoms with Crippen LogP contribution in [0, 0.1) is 0 Å². The molecule has 0 aliphatic carbocycles. The second-order valence-corrected chi connectivity index (χ2v) is 5.04. The molecule has 0 aliphatic heterocycles. The van der Waals surface area contributed by atoms with Gasteiger partial charge in [0.2, 0.25) is 0 Å². The van der Waals surface area contributed by atoms with Crippen LogP contribution in [0.5, 0.6) is 0 Å². The molecule has 0 spiro atoms. The number of esters is 1. The number of hydrogen-bond acceptors (Lipinski definition) is 6. The van der Waals surface area contributed by atoms with Crippen LogP contribution in [0.3, 0.4) is 0 Å². The summed E-state index contributed by atoms with van der Waals surface area (Å²) in [6.45, 7) is 4.08. The first-order valence-electron chi connectivity index (χ1n) is 6.37. The molecule has 1 unspecified atom stereocenters. The smallest absolute Gasteiger partial charge is 0.344 e. The SMILES string of the molecule is CCOC(=O)c1c(N)nsc1NC(C)c1ccccc1. The van der Waals surface area contributed by atoms with Crippen LogP contribution in [0.2, 0.25) is 0 Å². The van der Waals surface area contributed by atoms with Crippen LogP contribution in [-0.4, -0.2) is 16.9 Å². The molecule has 1 atom stereocenters. The Morgan fingerprint density at radius 3 is 2.80 bits per heavy atom. The summed E-state index contributed by atoms with van der Waals surface area (Å²) >= 11 is 1.17. The minimum absolute atomic E-state index is 0.0456. The van der Waals surface area contributed by atoms with Gasteiger partial charge >= 0.3 is 5.97 Å². The summed E-state index contributed by atoms with van der Waals surface area (Å²) in [5.74, 6) is -0.238. The third-order valence-electron chi connectivity index (χ3n) is 2.85. The topological polar surface area (TPSA) is 77.2 Å². The van der Waals surface area contributed by atoms with Gasteiger partial charge < -0.3 is 15.8 Å². The second-order valence-electron chi connectivity index (χ2n) is 4.27. The zero-order valence-electron chi connectivity index (χ0n) is 11.4. The standard InChI is InChI=1S/C14H17N3O2S/c1-3-19-14(18)11-12(15)17-20-13(11)16-9(2)10-7-5-4-6-8-10/h4-9,16H,3H2,1-2H3,(H2,15,17). The lowest BCUT2D eigenvalue weighted by molar-refractivity contribution is 0.0529. The largest absolute Gasteiger partial charge is 0.462 e. The number of hydrogen-bond donors (Lipinski definition) is 2. The number of nitrogens with zero attached hydrogens (tertiary/aromatic N) is 1. The molecule has 0 radical (unpaired) electrons. The molecule has 1 aromatic heterocycles. The van der Waals surface area contributed by atoms with Gasteiger partial charge in [0.05, 0.1) is 6.61 Å². The lowest BCUT2D eigenvalue weighted by atomic mass is 10.1. The van der Waals surface area contributed by atoms with E-state index in [0.29, 0.717) is 17.2 Å². The predicted molar refractivity (Wildman–Crippen MR) is 81.0 cm³/mol. The Morgan fingerprint density at radius 2 is 2.15 bits per heavy atom. The van der Waals surface area contributed by atoms with E-state index in [1.54, 1.807) is 6.92 Å². The number of rotatable bonds is 5. The van der Waals surface area contributed by atoms with Crippen LogP contribution in [0.15, 0.2) is 30.3 Å². The number of nitrogens with one attached hydrogen (secondary N) is 1. The number of carbonyl (C=O) groups is 1. The molecule has 20 heavy (non-hydrogen) atoms. The van der Waals surface area contributed by atoms with Crippen molar-refractivity contribution in [1.29, 1.82) is 0 Å². The maximum atomic E-state index is 11.9. The van der Waals surface area contributed by atoms with E-state index in [4.69, 9.17) is 10.5 Å². The molecule has 0 aliphatic rings. The molecule has 6 heteroatoms. The van der Waals surface area contributed by atoms with Crippen molar-refractivity contribution in [2.45, 2.75) is 19.9 Å². The Labute approximate surface area is 121 Å². The average molecular weight is 291 g/mol. The average Bonchev–Trinajstić information content (AvgIpc) is 2.81. The van der Waals surface area contributed by atoms with E-state index in [9.17, 15) is 4.79 Å². The van der Waals surface area contributed by atoms with Crippen molar-refractivity contribution >= 4 is 28.3 Å². The van der Waals surface area contributed by atoms with Crippen LogP contribution >= 0.6 is 11.5 Å². The maximum absolute atomic E-state index is 11.9. The first-order valence-corrected chi connectivity index (χ1v) is 7.14. The Bertz CT molecular complexity index is 583. The lowest BCUT2D eigenvalue weighted by Gasteiger charge is -2.14. The molecular formula is C14H17N3O2S. The van der Waals surface area contributed by atoms with Gasteiger partial charge in [0.25, 0.3) is 0 Å². The van der Waals surface area contributed by atoms with E-state index in [1.165, 1.54) is 11.5 Å². The van der Waals surface area contributed by atoms with Gasteiger partial charge in [-0.05, 0) is 30.9 Å². The molecule has 1 heterocycles. The molecule has 0 bridgehead atoms. The van der Waals surface area contributed by atoms with Gasteiger partial charge in [0.15, 0.2) is 5.82 Å². The molecule has 2 aromatic rings. The van der Waals surface area contributed by atoms with E-state index in [1.807, 2.05) is 37.3 Å². The number of anilines is 2. The Kier molecular flexibility index (Phi) is 4.57. The van der Waals surface area contributed by atoms with Crippen molar-refractivity contribution in [1.82, 2.24) is 4.37 Å². The first-order chi connectivity index (χ1) is 9.63. The zero-order valence-corrected chi connectivity index (χ0v) is 12.2. The normalized spacial score (nSPS) is 11.9. The number of nitrogen functional groups attached to an aromatic ring is 1. The van der Waals surface area contributed by atoms with E-state index < -0.39 is 5.97 Å². The second kappa shape index (κ2) is 6.38. The molecule has 5 nitrogen and oxygen atoms in total. The lowest BCUT2D eigenvalue weighted by Crippen LogP contribution is -2.12. The van der Waals surface area contributed by atoms with Gasteiger partial charge in [-0.1, -0.05) is 30.3 Å². The Morgan fingerprint density at radius 1 is 1.45 bits per heavy atom. The monoisotopic (exact) mass is 291 g/mol. The van der Waals surface area contributed by atoms with E-state index >= 15 is 0 Å². The van der Waals surface area contributed by atoms with Gasteiger partial charge in [0.1, 0.15) is 10.6 Å². The fourth-order valence-electron chi connectivity index (χ4n) is 1.82. The molecule has 106 valence electrons. The van der Waals surface area contributed by atoms with Crippen molar-refractivity contribution in [3.05, 3.63) is 41.5 Å². The van der Waals surface area contributed by atoms with Gasteiger partial charge in [0, 0.05) is 6.04 Å². The predicted octanol–water partition coefficient (Wildman–Crippen LogP) is 3.08. The van der Waals surface area contributed by atoms with E-state index in [2.05, 4.69) is 9.69 Å². The van der Waals surface area contributed by atoms with Crippen molar-refractivity contribution in [3.63, 3.8) is 0 Å². The number of nitrogens with two attached hydrogens (primary N) is 1. The summed E-state index contributed by atoms with van der Waals surface area (Å²) in [6, 6.07) is 9.99. The molecule has 2 rings (SSSR count). The minimum Gasteiger partial charge on any atom is -0.462 e. The maximum Gasteiger partial charge on any atom is 0.344 e. The summed E-state index contributed by atoms with van der Waals surface area (Å²) < 4.78 is 9.03. The fourth-order valence-corrected chi connectivity index (χ4v) is 2.61. The minimum atomic E-state index is -0.443. The molecule has 0 fully saturated rings. The van der Waals surface area contributed by atoms with Crippen molar-refractivity contribution in [2.24, 2.45) is 0 Å². The van der Waals surface area contributed by atoms with Crippen molar-refractivity contribution in [2.75, 3.05) is 17.7 Å². The van der Waals surface area contributed by atoms with Gasteiger partial charge in [-0.2, -0.15) is 4.37 Å². The highest BCUT2D eigenvalue weighted by Gasteiger charge is 2.21. The summed E-state index contributed by atoms with van der Waals surface area (Å²) in [4.78, 5) is 11.9. The van der Waals surface area contributed by atoms with Gasteiger partial charge in [-0.15, -0.1) is 0 Å². The van der Waals surface area contributed by atoms with E-state index in [-0.39, 0.29) is 11.9 Å². The van der Waals surface area contributed by atoms with E-state index in [0.717, 1.165) is 5.56 Å². The molecule has 0 saturated heterocycles. The summed E-state index contributed by atoms with van der Waals surface area (Å²) in [7, 11) is 0. The number of benzene rings is 1. The molecule has 1 aromatic carbocycles. The Hall–Kier alpha value is -2.08. The zero-order chi connectivity index (χ0) is 14.5. The highest BCUT2D eigenvalue weighted by atomic mass is 32.1. The van der Waals surface area contributed by atoms with Crippen LogP contribution in [0.1, 0.15) is 35.8 Å². The number of ether oxygens (including phenoxy) is 1. The highest BCUT2D eigenvalue weighted by molar-refractivity contribution is 7.11. The highest BCUT2D eigenvalue weighted by Crippen LogP contribution is 2.30. The summed E-state index contributed by atoms with van der Waals surface area (Å²) in [5, 5.41) is 3.90. The third-order valence-corrected chi connectivity index (χ3v) is 3.64. The summed E-state index contributed by atoms with van der Waals surface area (Å²) in [6.07, 6.45) is 0. The Balaban J connectivity index is 2.20. The first kappa shape index (κ1) is 14.3. The van der Waals surface area contributed by atoms with Crippen LogP contribution in [-0.2, 0) is 4.74 Å². The van der Waals surface area contributed by atoms with Gasteiger partial charge in [-0.25, -0.2) is 4.79 Å². The van der Waals surface area contributed by atoms with Gasteiger partial charge in [-0.3, -0.25) is 0 Å². The molecule has 0 saturated carbocycles. The van der Waals surface area contributed by atoms with Crippen LogP contribution in [0.4, 0.5) is 10.8 Å². The van der Waals surface area contributed by atoms with Crippen molar-refractivity contribution in [3.8, 4) is 0 Å². The third kappa shape index (κ3) is 3.08. The number of aromatic nitrogens is 1. The quantitative estimate of drug-likeness (QED) is 0.828. The molecule has 0 amide bonds. The molecule has 3 N–H and O–H groups in total. The summed E-state index contributed by atoms with van der Waals surface area (Å²) in [5.41, 5.74) is 7.18. The number of carbonyl (C=O) groups excluding carboxylic acids is 1. The molecular weight excluding hydrogens is 274 g/mol. The van der Waals surface area contributed by atoms with Crippen LogP contribution < -0.4 is 11.1 Å². The van der Waals surface area contributed by atoms with Crippen molar-refractivity contribution < 1.29 is 9.53 Å². The van der Waals surface area contributed by atoms with Crippen LogP contribution in [0.25, 0.3) is 0 Å². The fraction of sp³-hybridized carbons (Fsp3) is 0.286.